The first-order valence-corrected chi connectivity index (χ1v) is 6.88. The average molecular weight is 301 g/mol. The molecule has 0 aliphatic heterocycles. The average Bonchev–Trinajstić information content (AvgIpc) is 2.55. The lowest BCUT2D eigenvalue weighted by Gasteiger charge is -2.11. The molecule has 0 saturated carbocycles. The third-order valence-corrected chi connectivity index (χ3v) is 3.33. The molecule has 0 atom stereocenters. The Morgan fingerprint density at radius 3 is 2.36 bits per heavy atom. The molecular formula is C17H19NO4. The van der Waals surface area contributed by atoms with E-state index in [-0.39, 0.29) is 0 Å². The predicted molar refractivity (Wildman–Crippen MR) is 83.5 cm³/mol. The molecule has 0 heterocycles. The highest BCUT2D eigenvalue weighted by Crippen LogP contribution is 2.23. The van der Waals surface area contributed by atoms with Gasteiger partial charge in [-0.2, -0.15) is 0 Å². The van der Waals surface area contributed by atoms with Crippen molar-refractivity contribution >= 4 is 5.97 Å². The van der Waals surface area contributed by atoms with E-state index in [9.17, 15) is 4.79 Å². The van der Waals surface area contributed by atoms with Gasteiger partial charge < -0.3 is 19.9 Å². The van der Waals surface area contributed by atoms with Crippen LogP contribution in [0.2, 0.25) is 0 Å². The summed E-state index contributed by atoms with van der Waals surface area (Å²) in [6.45, 7) is 1.27. The number of rotatable bonds is 7. The summed E-state index contributed by atoms with van der Waals surface area (Å²) in [6, 6.07) is 12.5. The molecule has 0 aliphatic rings. The standard InChI is InChI=1S/C17H19NO4/c1-21-15-7-8-16(22-2)14(9-15)11-18-10-12-3-5-13(6-4-12)17(19)20/h3-9,18H,10-11H2,1-2H3,(H,19,20). The maximum Gasteiger partial charge on any atom is 0.335 e. The second-order valence-corrected chi connectivity index (χ2v) is 4.78. The highest BCUT2D eigenvalue weighted by molar-refractivity contribution is 5.87. The van der Waals surface area contributed by atoms with Gasteiger partial charge in [0, 0.05) is 18.7 Å². The van der Waals surface area contributed by atoms with E-state index in [1.165, 1.54) is 0 Å². The Morgan fingerprint density at radius 1 is 1.05 bits per heavy atom. The zero-order chi connectivity index (χ0) is 15.9. The van der Waals surface area contributed by atoms with E-state index < -0.39 is 5.97 Å². The Morgan fingerprint density at radius 2 is 1.77 bits per heavy atom. The van der Waals surface area contributed by atoms with Gasteiger partial charge in [0.1, 0.15) is 11.5 Å². The second kappa shape index (κ2) is 7.47. The van der Waals surface area contributed by atoms with Gasteiger partial charge in [-0.3, -0.25) is 0 Å². The van der Waals surface area contributed by atoms with E-state index in [1.807, 2.05) is 18.2 Å². The molecule has 2 N–H and O–H groups in total. The molecule has 0 bridgehead atoms. The molecule has 2 aromatic rings. The zero-order valence-corrected chi connectivity index (χ0v) is 12.6. The van der Waals surface area contributed by atoms with Gasteiger partial charge in [-0.05, 0) is 35.9 Å². The molecule has 2 aromatic carbocycles. The van der Waals surface area contributed by atoms with Gasteiger partial charge in [0.25, 0.3) is 0 Å². The van der Waals surface area contributed by atoms with Gasteiger partial charge in [-0.25, -0.2) is 4.79 Å². The molecule has 0 fully saturated rings. The normalized spacial score (nSPS) is 10.3. The van der Waals surface area contributed by atoms with Gasteiger partial charge in [-0.15, -0.1) is 0 Å². The Labute approximate surface area is 129 Å². The van der Waals surface area contributed by atoms with Crippen LogP contribution in [0, 0.1) is 0 Å². The third kappa shape index (κ3) is 3.99. The molecule has 5 heteroatoms. The topological polar surface area (TPSA) is 67.8 Å². The number of hydrogen-bond donors (Lipinski definition) is 2. The minimum Gasteiger partial charge on any atom is -0.497 e. The smallest absolute Gasteiger partial charge is 0.335 e. The molecule has 0 unspecified atom stereocenters. The van der Waals surface area contributed by atoms with Crippen molar-refractivity contribution in [1.82, 2.24) is 5.32 Å². The van der Waals surface area contributed by atoms with Crippen LogP contribution in [-0.4, -0.2) is 25.3 Å². The zero-order valence-electron chi connectivity index (χ0n) is 12.6. The first-order valence-electron chi connectivity index (χ1n) is 6.88. The molecule has 0 radical (unpaired) electrons. The van der Waals surface area contributed by atoms with E-state index in [0.717, 1.165) is 22.6 Å². The monoisotopic (exact) mass is 301 g/mol. The van der Waals surface area contributed by atoms with E-state index in [1.54, 1.807) is 38.5 Å². The fourth-order valence-corrected chi connectivity index (χ4v) is 2.13. The summed E-state index contributed by atoms with van der Waals surface area (Å²) in [6.07, 6.45) is 0. The van der Waals surface area contributed by atoms with E-state index in [2.05, 4.69) is 5.32 Å². The van der Waals surface area contributed by atoms with Crippen molar-refractivity contribution in [3.8, 4) is 11.5 Å². The van der Waals surface area contributed by atoms with Crippen molar-refractivity contribution in [1.29, 1.82) is 0 Å². The number of ether oxygens (including phenoxy) is 2. The summed E-state index contributed by atoms with van der Waals surface area (Å²) in [5.41, 5.74) is 2.31. The van der Waals surface area contributed by atoms with E-state index >= 15 is 0 Å². The van der Waals surface area contributed by atoms with Gasteiger partial charge >= 0.3 is 5.97 Å². The Kier molecular flexibility index (Phi) is 5.38. The molecule has 116 valence electrons. The first-order chi connectivity index (χ1) is 10.6. The van der Waals surface area contributed by atoms with Gasteiger partial charge in [-0.1, -0.05) is 12.1 Å². The number of nitrogens with one attached hydrogen (secondary N) is 1. The Hall–Kier alpha value is -2.53. The number of methoxy groups -OCH3 is 2. The van der Waals surface area contributed by atoms with Crippen LogP contribution in [0.5, 0.6) is 11.5 Å². The van der Waals surface area contributed by atoms with Gasteiger partial charge in [0.05, 0.1) is 19.8 Å². The van der Waals surface area contributed by atoms with Gasteiger partial charge in [0.15, 0.2) is 0 Å². The van der Waals surface area contributed by atoms with Crippen LogP contribution in [0.1, 0.15) is 21.5 Å². The van der Waals surface area contributed by atoms with Crippen LogP contribution in [0.3, 0.4) is 0 Å². The number of aromatic carboxylic acids is 1. The lowest BCUT2D eigenvalue weighted by molar-refractivity contribution is 0.0697. The third-order valence-electron chi connectivity index (χ3n) is 3.33. The van der Waals surface area contributed by atoms with Crippen molar-refractivity contribution in [2.45, 2.75) is 13.1 Å². The van der Waals surface area contributed by atoms with Gasteiger partial charge in [0.2, 0.25) is 0 Å². The summed E-state index contributed by atoms with van der Waals surface area (Å²) >= 11 is 0. The number of hydrogen-bond acceptors (Lipinski definition) is 4. The highest BCUT2D eigenvalue weighted by atomic mass is 16.5. The summed E-state index contributed by atoms with van der Waals surface area (Å²) < 4.78 is 10.5. The van der Waals surface area contributed by atoms with Crippen LogP contribution in [0.25, 0.3) is 0 Å². The second-order valence-electron chi connectivity index (χ2n) is 4.78. The van der Waals surface area contributed by atoms with Crippen LogP contribution < -0.4 is 14.8 Å². The Balaban J connectivity index is 1.97. The van der Waals surface area contributed by atoms with Crippen molar-refractivity contribution in [2.24, 2.45) is 0 Å². The van der Waals surface area contributed by atoms with Crippen molar-refractivity contribution < 1.29 is 19.4 Å². The fraction of sp³-hybridized carbons (Fsp3) is 0.235. The number of carboxylic acids is 1. The highest BCUT2D eigenvalue weighted by Gasteiger charge is 2.05. The fourth-order valence-electron chi connectivity index (χ4n) is 2.13. The van der Waals surface area contributed by atoms with Crippen LogP contribution in [0.4, 0.5) is 0 Å². The maximum absolute atomic E-state index is 10.8. The predicted octanol–water partition coefficient (Wildman–Crippen LogP) is 2.69. The largest absolute Gasteiger partial charge is 0.497 e. The van der Waals surface area contributed by atoms with Crippen LogP contribution in [0.15, 0.2) is 42.5 Å². The van der Waals surface area contributed by atoms with Crippen molar-refractivity contribution in [2.75, 3.05) is 14.2 Å². The minimum atomic E-state index is -0.916. The molecule has 22 heavy (non-hydrogen) atoms. The van der Waals surface area contributed by atoms with Crippen molar-refractivity contribution in [3.05, 3.63) is 59.2 Å². The summed E-state index contributed by atoms with van der Waals surface area (Å²) in [7, 11) is 3.26. The Bertz CT molecular complexity index is 638. The molecule has 5 nitrogen and oxygen atoms in total. The van der Waals surface area contributed by atoms with E-state index in [0.29, 0.717) is 18.7 Å². The SMILES string of the molecule is COc1ccc(OC)c(CNCc2ccc(C(=O)O)cc2)c1. The molecule has 2 rings (SSSR count). The summed E-state index contributed by atoms with van der Waals surface area (Å²) in [5.74, 6) is 0.665. The van der Waals surface area contributed by atoms with Crippen LogP contribution >= 0.6 is 0 Å². The molecular weight excluding hydrogens is 282 g/mol. The van der Waals surface area contributed by atoms with Crippen molar-refractivity contribution in [3.63, 3.8) is 0 Å². The number of carboxylic acid groups (broad SMARTS) is 1. The molecule has 0 aromatic heterocycles. The van der Waals surface area contributed by atoms with Crippen LogP contribution in [-0.2, 0) is 13.1 Å². The molecule has 0 amide bonds. The summed E-state index contributed by atoms with van der Waals surface area (Å²) in [5, 5.41) is 12.2. The summed E-state index contributed by atoms with van der Waals surface area (Å²) in [4.78, 5) is 10.8. The number of carbonyl (C=O) groups is 1. The quantitative estimate of drug-likeness (QED) is 0.823. The lowest BCUT2D eigenvalue weighted by atomic mass is 10.1. The first kappa shape index (κ1) is 15.9. The maximum atomic E-state index is 10.8. The lowest BCUT2D eigenvalue weighted by Crippen LogP contribution is -2.13. The van der Waals surface area contributed by atoms with E-state index in [4.69, 9.17) is 14.6 Å². The minimum absolute atomic E-state index is 0.290. The molecule has 0 spiro atoms. The molecule has 0 saturated heterocycles. The number of benzene rings is 2. The molecule has 0 aliphatic carbocycles.